The van der Waals surface area contributed by atoms with Gasteiger partial charge in [0.15, 0.2) is 11.0 Å². The van der Waals surface area contributed by atoms with Gasteiger partial charge in [0, 0.05) is 19.4 Å². The Morgan fingerprint density at radius 1 is 1.35 bits per heavy atom. The van der Waals surface area contributed by atoms with Crippen LogP contribution in [0, 0.1) is 13.8 Å². The van der Waals surface area contributed by atoms with Crippen molar-refractivity contribution in [3.05, 3.63) is 47.4 Å². The molecule has 0 radical (unpaired) electrons. The highest BCUT2D eigenvalue weighted by Gasteiger charge is 2.17. The van der Waals surface area contributed by atoms with E-state index in [9.17, 15) is 9.90 Å². The molecule has 7 heteroatoms. The van der Waals surface area contributed by atoms with Crippen molar-refractivity contribution in [1.29, 1.82) is 0 Å². The first-order chi connectivity index (χ1) is 11.0. The van der Waals surface area contributed by atoms with Crippen molar-refractivity contribution in [2.45, 2.75) is 13.8 Å². The minimum atomic E-state index is -0.386. The molecule has 118 valence electrons. The second-order valence-electron chi connectivity index (χ2n) is 5.27. The Labute approximate surface area is 137 Å². The maximum Gasteiger partial charge on any atom is 0.261 e. The first-order valence-corrected chi connectivity index (χ1v) is 7.83. The first-order valence-electron chi connectivity index (χ1n) is 7.02. The standard InChI is InChI=1S/C16H16N4O2S/c1-9-4-5-11(12(21)8-9)15(22)19-16-18-10(2)13(23-16)14-17-6-7-20(14)3/h4-8,21H,1-3H3,(H,18,19,22). The molecule has 0 fully saturated rings. The van der Waals surface area contributed by atoms with Crippen LogP contribution in [-0.4, -0.2) is 25.5 Å². The van der Waals surface area contributed by atoms with Gasteiger partial charge in [-0.1, -0.05) is 17.4 Å². The minimum absolute atomic E-state index is 0.0416. The van der Waals surface area contributed by atoms with Crippen molar-refractivity contribution in [3.8, 4) is 16.5 Å². The van der Waals surface area contributed by atoms with Crippen LogP contribution < -0.4 is 5.32 Å². The molecule has 1 amide bonds. The van der Waals surface area contributed by atoms with Crippen molar-refractivity contribution in [2.24, 2.45) is 7.05 Å². The second-order valence-corrected chi connectivity index (χ2v) is 6.27. The molecule has 0 saturated carbocycles. The van der Waals surface area contributed by atoms with Gasteiger partial charge in [0.1, 0.15) is 5.75 Å². The molecule has 3 aromatic rings. The number of benzene rings is 1. The normalized spacial score (nSPS) is 10.7. The van der Waals surface area contributed by atoms with Crippen LogP contribution in [0.25, 0.3) is 10.7 Å². The summed E-state index contributed by atoms with van der Waals surface area (Å²) in [5, 5.41) is 13.1. The first kappa shape index (κ1) is 15.2. The summed E-state index contributed by atoms with van der Waals surface area (Å²) >= 11 is 1.36. The predicted octanol–water partition coefficient (Wildman–Crippen LogP) is 3.12. The molecule has 0 atom stereocenters. The molecule has 2 heterocycles. The number of nitrogens with one attached hydrogen (secondary N) is 1. The van der Waals surface area contributed by atoms with Crippen LogP contribution in [0.2, 0.25) is 0 Å². The largest absolute Gasteiger partial charge is 0.507 e. The lowest BCUT2D eigenvalue weighted by molar-refractivity contribution is 0.102. The molecule has 23 heavy (non-hydrogen) atoms. The molecule has 2 aromatic heterocycles. The molecule has 1 aromatic carbocycles. The van der Waals surface area contributed by atoms with Crippen LogP contribution in [0.1, 0.15) is 21.6 Å². The molecule has 0 unspecified atom stereocenters. The Balaban J connectivity index is 1.86. The zero-order chi connectivity index (χ0) is 16.6. The third-order valence-corrected chi connectivity index (χ3v) is 4.51. The van der Waals surface area contributed by atoms with Crippen molar-refractivity contribution in [3.63, 3.8) is 0 Å². The van der Waals surface area contributed by atoms with E-state index in [-0.39, 0.29) is 17.2 Å². The number of aromatic nitrogens is 3. The Morgan fingerprint density at radius 2 is 2.13 bits per heavy atom. The summed E-state index contributed by atoms with van der Waals surface area (Å²) in [5.74, 6) is 0.376. The average molecular weight is 328 g/mol. The van der Waals surface area contributed by atoms with Crippen LogP contribution in [0.3, 0.4) is 0 Å². The summed E-state index contributed by atoms with van der Waals surface area (Å²) in [4.78, 5) is 21.9. The molecule has 0 aliphatic carbocycles. The van der Waals surface area contributed by atoms with Gasteiger partial charge in [0.25, 0.3) is 5.91 Å². The fourth-order valence-corrected chi connectivity index (χ4v) is 3.24. The number of phenolic OH excluding ortho intramolecular Hbond substituents is 1. The van der Waals surface area contributed by atoms with Crippen molar-refractivity contribution in [2.75, 3.05) is 5.32 Å². The van der Waals surface area contributed by atoms with E-state index >= 15 is 0 Å². The number of imidazole rings is 1. The molecule has 0 saturated heterocycles. The molecule has 0 aliphatic rings. The van der Waals surface area contributed by atoms with Crippen molar-refractivity contribution >= 4 is 22.4 Å². The molecule has 3 rings (SSSR count). The highest BCUT2D eigenvalue weighted by atomic mass is 32.1. The third kappa shape index (κ3) is 2.95. The smallest absolute Gasteiger partial charge is 0.261 e. The van der Waals surface area contributed by atoms with E-state index < -0.39 is 0 Å². The SMILES string of the molecule is Cc1ccc(C(=O)Nc2nc(C)c(-c3nccn3C)s2)c(O)c1. The number of carbonyl (C=O) groups excluding carboxylic acids is 1. The topological polar surface area (TPSA) is 80.0 Å². The maximum absolute atomic E-state index is 12.3. The van der Waals surface area contributed by atoms with E-state index in [1.54, 1.807) is 24.4 Å². The summed E-state index contributed by atoms with van der Waals surface area (Å²) in [7, 11) is 1.91. The zero-order valence-corrected chi connectivity index (χ0v) is 13.8. The summed E-state index contributed by atoms with van der Waals surface area (Å²) in [6, 6.07) is 4.93. The number of hydrogen-bond donors (Lipinski definition) is 2. The fraction of sp³-hybridized carbons (Fsp3) is 0.188. The summed E-state index contributed by atoms with van der Waals surface area (Å²) in [6.07, 6.45) is 3.58. The number of nitrogens with zero attached hydrogens (tertiary/aromatic N) is 3. The van der Waals surface area contributed by atoms with Gasteiger partial charge in [-0.05, 0) is 31.5 Å². The van der Waals surface area contributed by atoms with Gasteiger partial charge < -0.3 is 9.67 Å². The van der Waals surface area contributed by atoms with Crippen molar-refractivity contribution < 1.29 is 9.90 Å². The lowest BCUT2D eigenvalue weighted by Gasteiger charge is -2.04. The predicted molar refractivity (Wildman–Crippen MR) is 89.9 cm³/mol. The minimum Gasteiger partial charge on any atom is -0.507 e. The fourth-order valence-electron chi connectivity index (χ4n) is 2.24. The van der Waals surface area contributed by atoms with Gasteiger partial charge in [0.2, 0.25) is 0 Å². The lowest BCUT2D eigenvalue weighted by Crippen LogP contribution is -2.11. The van der Waals surface area contributed by atoms with Crippen LogP contribution in [0.4, 0.5) is 5.13 Å². The number of phenols is 1. The molecule has 2 N–H and O–H groups in total. The van der Waals surface area contributed by atoms with Crippen LogP contribution in [0.15, 0.2) is 30.6 Å². The van der Waals surface area contributed by atoms with Gasteiger partial charge in [-0.15, -0.1) is 0 Å². The van der Waals surface area contributed by atoms with E-state index in [0.29, 0.717) is 5.13 Å². The molecular weight excluding hydrogens is 312 g/mol. The van der Waals surface area contributed by atoms with E-state index in [1.807, 2.05) is 31.7 Å². The number of rotatable bonds is 3. The number of anilines is 1. The van der Waals surface area contributed by atoms with E-state index in [1.165, 1.54) is 11.3 Å². The summed E-state index contributed by atoms with van der Waals surface area (Å²) in [6.45, 7) is 3.73. The monoisotopic (exact) mass is 328 g/mol. The van der Waals surface area contributed by atoms with E-state index in [0.717, 1.165) is 22.0 Å². The number of hydrogen-bond acceptors (Lipinski definition) is 5. The second kappa shape index (κ2) is 5.85. The Bertz CT molecular complexity index is 882. The molecule has 0 aliphatic heterocycles. The van der Waals surface area contributed by atoms with Crippen LogP contribution in [-0.2, 0) is 7.05 Å². The third-order valence-electron chi connectivity index (χ3n) is 3.44. The number of thiazole rings is 1. The maximum atomic E-state index is 12.3. The van der Waals surface area contributed by atoms with Crippen molar-refractivity contribution in [1.82, 2.24) is 14.5 Å². The molecular formula is C16H16N4O2S. The average Bonchev–Trinajstić information content (AvgIpc) is 3.04. The Hall–Kier alpha value is -2.67. The van der Waals surface area contributed by atoms with Gasteiger partial charge in [-0.25, -0.2) is 9.97 Å². The number of aryl methyl sites for hydroxylation is 3. The van der Waals surface area contributed by atoms with E-state index in [4.69, 9.17) is 0 Å². The molecule has 0 spiro atoms. The van der Waals surface area contributed by atoms with Crippen LogP contribution >= 0.6 is 11.3 Å². The Morgan fingerprint density at radius 3 is 2.78 bits per heavy atom. The molecule has 0 bridgehead atoms. The van der Waals surface area contributed by atoms with Gasteiger partial charge in [0.05, 0.1) is 16.1 Å². The Kier molecular flexibility index (Phi) is 3.87. The van der Waals surface area contributed by atoms with Gasteiger partial charge in [-0.3, -0.25) is 10.1 Å². The summed E-state index contributed by atoms with van der Waals surface area (Å²) in [5.41, 5.74) is 1.91. The zero-order valence-electron chi connectivity index (χ0n) is 13.0. The lowest BCUT2D eigenvalue weighted by atomic mass is 10.1. The highest BCUT2D eigenvalue weighted by Crippen LogP contribution is 2.32. The quantitative estimate of drug-likeness (QED) is 0.774. The number of aromatic hydroxyl groups is 1. The van der Waals surface area contributed by atoms with Crippen LogP contribution in [0.5, 0.6) is 5.75 Å². The molecule has 6 nitrogen and oxygen atoms in total. The van der Waals surface area contributed by atoms with Gasteiger partial charge >= 0.3 is 0 Å². The number of amides is 1. The van der Waals surface area contributed by atoms with Gasteiger partial charge in [-0.2, -0.15) is 0 Å². The highest BCUT2D eigenvalue weighted by molar-refractivity contribution is 7.19. The van der Waals surface area contributed by atoms with E-state index in [2.05, 4.69) is 15.3 Å². The summed E-state index contributed by atoms with van der Waals surface area (Å²) < 4.78 is 1.90. The number of carbonyl (C=O) groups is 1.